The first-order chi connectivity index (χ1) is 10.2. The highest BCUT2D eigenvalue weighted by Crippen LogP contribution is 2.45. The molecule has 1 aliphatic heterocycles. The highest BCUT2D eigenvalue weighted by molar-refractivity contribution is 6.68. The maximum atomic E-state index is 11.9. The van der Waals surface area contributed by atoms with Crippen LogP contribution in [0.4, 0.5) is 0 Å². The van der Waals surface area contributed by atoms with Crippen molar-refractivity contribution < 1.29 is 18.9 Å². The number of carbonyl (C=O) groups is 1. The van der Waals surface area contributed by atoms with Gasteiger partial charge in [-0.2, -0.15) is 0 Å². The average Bonchev–Trinajstić information content (AvgIpc) is 2.67. The maximum absolute atomic E-state index is 11.9. The first-order valence-corrected chi connectivity index (χ1v) is 7.74. The zero-order valence-electron chi connectivity index (χ0n) is 14.4. The molecular formula is C17H25BO4. The highest BCUT2D eigenvalue weighted by Gasteiger charge is 2.49. The van der Waals surface area contributed by atoms with Gasteiger partial charge in [-0.25, -0.2) is 4.79 Å². The van der Waals surface area contributed by atoms with E-state index in [4.69, 9.17) is 14.1 Å². The number of methoxy groups -OCH3 is 1. The van der Waals surface area contributed by atoms with Crippen LogP contribution in [0.15, 0.2) is 18.2 Å². The lowest BCUT2D eigenvalue weighted by molar-refractivity contribution is 0.0375. The summed E-state index contributed by atoms with van der Waals surface area (Å²) in [5.41, 5.74) is 1.38. The Kier molecular flexibility index (Phi) is 4.57. The standard InChI is InChI=1S/C17H25BO4/c1-7-21-15(19)13-9-8-12(10-14(13)20-6)18-11-16(2,3)17(4,5)22-18/h8-10H,7,11H2,1-6H3. The molecule has 1 aliphatic rings. The third-order valence-electron chi connectivity index (χ3n) is 4.86. The summed E-state index contributed by atoms with van der Waals surface area (Å²) in [6.45, 7) is 10.8. The second-order valence-electron chi connectivity index (χ2n) is 6.89. The highest BCUT2D eigenvalue weighted by atomic mass is 16.5. The fourth-order valence-corrected chi connectivity index (χ4v) is 2.74. The predicted molar refractivity (Wildman–Crippen MR) is 88.1 cm³/mol. The molecule has 0 aliphatic carbocycles. The second kappa shape index (κ2) is 5.96. The molecule has 22 heavy (non-hydrogen) atoms. The van der Waals surface area contributed by atoms with E-state index in [0.717, 1.165) is 11.8 Å². The van der Waals surface area contributed by atoms with Gasteiger partial charge in [-0.1, -0.05) is 19.9 Å². The quantitative estimate of drug-likeness (QED) is 0.634. The van der Waals surface area contributed by atoms with Crippen molar-refractivity contribution in [3.8, 4) is 5.75 Å². The van der Waals surface area contributed by atoms with Crippen molar-refractivity contribution in [1.29, 1.82) is 0 Å². The molecule has 0 spiro atoms. The molecule has 2 rings (SSSR count). The van der Waals surface area contributed by atoms with Gasteiger partial charge in [-0.15, -0.1) is 0 Å². The van der Waals surface area contributed by atoms with Gasteiger partial charge in [0.1, 0.15) is 11.3 Å². The van der Waals surface area contributed by atoms with Crippen molar-refractivity contribution in [2.24, 2.45) is 5.41 Å². The smallest absolute Gasteiger partial charge is 0.341 e. The lowest BCUT2D eigenvalue weighted by Gasteiger charge is -2.34. The molecule has 0 bridgehead atoms. The molecule has 0 unspecified atom stereocenters. The van der Waals surface area contributed by atoms with Crippen LogP contribution in [0.5, 0.6) is 5.75 Å². The van der Waals surface area contributed by atoms with Gasteiger partial charge in [-0.05, 0) is 50.1 Å². The summed E-state index contributed by atoms with van der Waals surface area (Å²) in [6, 6.07) is 5.57. The largest absolute Gasteiger partial charge is 0.496 e. The van der Waals surface area contributed by atoms with E-state index >= 15 is 0 Å². The third-order valence-corrected chi connectivity index (χ3v) is 4.86. The van der Waals surface area contributed by atoms with E-state index in [-0.39, 0.29) is 23.9 Å². The van der Waals surface area contributed by atoms with E-state index in [9.17, 15) is 4.79 Å². The minimum atomic E-state index is -0.362. The minimum absolute atomic E-state index is 0.00939. The molecule has 1 heterocycles. The lowest BCUT2D eigenvalue weighted by atomic mass is 9.54. The molecule has 1 fully saturated rings. The number of hydrogen-bond acceptors (Lipinski definition) is 4. The molecule has 120 valence electrons. The molecule has 1 aromatic rings. The average molecular weight is 304 g/mol. The van der Waals surface area contributed by atoms with Gasteiger partial charge in [0.25, 0.3) is 0 Å². The molecule has 0 radical (unpaired) electrons. The molecule has 0 N–H and O–H groups in total. The van der Waals surface area contributed by atoms with E-state index in [1.807, 2.05) is 12.1 Å². The summed E-state index contributed by atoms with van der Waals surface area (Å²) < 4.78 is 16.6. The summed E-state index contributed by atoms with van der Waals surface area (Å²) in [5, 5.41) is 0. The Balaban J connectivity index is 2.30. The Morgan fingerprint density at radius 3 is 2.50 bits per heavy atom. The SMILES string of the molecule is CCOC(=O)c1ccc(B2CC(C)(C)C(C)(C)O2)cc1OC. The number of hydrogen-bond donors (Lipinski definition) is 0. The molecule has 0 aromatic heterocycles. The Morgan fingerprint density at radius 2 is 2.00 bits per heavy atom. The number of carbonyl (C=O) groups excluding carboxylic acids is 1. The number of benzene rings is 1. The third kappa shape index (κ3) is 3.00. The predicted octanol–water partition coefficient (Wildman–Crippen LogP) is 2.91. The summed E-state index contributed by atoms with van der Waals surface area (Å²) in [7, 11) is 1.56. The van der Waals surface area contributed by atoms with Gasteiger partial charge >= 0.3 is 12.9 Å². The van der Waals surface area contributed by atoms with Crippen molar-refractivity contribution in [2.75, 3.05) is 13.7 Å². The van der Waals surface area contributed by atoms with Crippen molar-refractivity contribution in [2.45, 2.75) is 46.5 Å². The van der Waals surface area contributed by atoms with E-state index in [1.54, 1.807) is 20.1 Å². The second-order valence-corrected chi connectivity index (χ2v) is 6.89. The molecule has 0 amide bonds. The van der Waals surface area contributed by atoms with Crippen LogP contribution in [0.25, 0.3) is 0 Å². The van der Waals surface area contributed by atoms with Crippen LogP contribution >= 0.6 is 0 Å². The van der Waals surface area contributed by atoms with Crippen LogP contribution in [0.3, 0.4) is 0 Å². The Bertz CT molecular complexity index is 550. The van der Waals surface area contributed by atoms with Gasteiger partial charge in [-0.3, -0.25) is 0 Å². The zero-order valence-corrected chi connectivity index (χ0v) is 14.4. The fourth-order valence-electron chi connectivity index (χ4n) is 2.74. The topological polar surface area (TPSA) is 44.8 Å². The van der Waals surface area contributed by atoms with E-state index < -0.39 is 0 Å². The van der Waals surface area contributed by atoms with Crippen LogP contribution in [0.1, 0.15) is 45.0 Å². The van der Waals surface area contributed by atoms with Gasteiger partial charge in [0.2, 0.25) is 0 Å². The molecule has 1 aromatic carbocycles. The number of esters is 1. The van der Waals surface area contributed by atoms with Gasteiger partial charge in [0.15, 0.2) is 0 Å². The molecule has 0 atom stereocenters. The lowest BCUT2D eigenvalue weighted by Crippen LogP contribution is -2.36. The van der Waals surface area contributed by atoms with Crippen molar-refractivity contribution in [3.05, 3.63) is 23.8 Å². The monoisotopic (exact) mass is 304 g/mol. The Labute approximate surface area is 133 Å². The Morgan fingerprint density at radius 1 is 1.32 bits per heavy atom. The van der Waals surface area contributed by atoms with Crippen molar-refractivity contribution >= 4 is 18.3 Å². The normalized spacial score (nSPS) is 19.1. The van der Waals surface area contributed by atoms with Crippen molar-refractivity contribution in [1.82, 2.24) is 0 Å². The van der Waals surface area contributed by atoms with E-state index in [0.29, 0.717) is 17.9 Å². The minimum Gasteiger partial charge on any atom is -0.496 e. The summed E-state index contributed by atoms with van der Waals surface area (Å²) >= 11 is 0. The van der Waals surface area contributed by atoms with Gasteiger partial charge < -0.3 is 14.1 Å². The molecule has 5 heteroatoms. The summed E-state index contributed by atoms with van der Waals surface area (Å²) in [5.74, 6) is 0.168. The Hall–Kier alpha value is -1.49. The maximum Gasteiger partial charge on any atom is 0.341 e. The number of ether oxygens (including phenoxy) is 2. The molecule has 4 nitrogen and oxygen atoms in total. The summed E-state index contributed by atoms with van der Waals surface area (Å²) in [4.78, 5) is 11.9. The van der Waals surface area contributed by atoms with Crippen LogP contribution in [0, 0.1) is 5.41 Å². The van der Waals surface area contributed by atoms with Crippen LogP contribution in [-0.2, 0) is 9.39 Å². The summed E-state index contributed by atoms with van der Waals surface area (Å²) in [6.07, 6.45) is 0.932. The van der Waals surface area contributed by atoms with Crippen molar-refractivity contribution in [3.63, 3.8) is 0 Å². The number of rotatable bonds is 4. The molecular weight excluding hydrogens is 279 g/mol. The van der Waals surface area contributed by atoms with E-state index in [1.165, 1.54) is 0 Å². The van der Waals surface area contributed by atoms with Crippen LogP contribution in [0.2, 0.25) is 6.32 Å². The fraction of sp³-hybridized carbons (Fsp3) is 0.588. The van der Waals surface area contributed by atoms with Crippen LogP contribution in [-0.4, -0.2) is 32.2 Å². The van der Waals surface area contributed by atoms with Gasteiger partial charge in [0, 0.05) is 0 Å². The van der Waals surface area contributed by atoms with Gasteiger partial charge in [0.05, 0.1) is 19.3 Å². The zero-order chi connectivity index (χ0) is 16.5. The molecule has 0 saturated carbocycles. The van der Waals surface area contributed by atoms with E-state index in [2.05, 4.69) is 27.7 Å². The van der Waals surface area contributed by atoms with Crippen LogP contribution < -0.4 is 10.2 Å². The molecule has 1 saturated heterocycles. The first-order valence-electron chi connectivity index (χ1n) is 7.74. The first kappa shape index (κ1) is 16.9.